The molecule has 0 unspecified atom stereocenters. The molecule has 0 bridgehead atoms. The molecule has 21 heavy (non-hydrogen) atoms. The largest absolute Gasteiger partial charge is 0.368 e. The molecule has 1 fully saturated rings. The van der Waals surface area contributed by atoms with Crippen LogP contribution in [0.15, 0.2) is 47.5 Å². The summed E-state index contributed by atoms with van der Waals surface area (Å²) in [5, 5.41) is 0. The summed E-state index contributed by atoms with van der Waals surface area (Å²) in [7, 11) is 0. The fourth-order valence-electron chi connectivity index (χ4n) is 2.43. The summed E-state index contributed by atoms with van der Waals surface area (Å²) in [6, 6.07) is 10.2. The van der Waals surface area contributed by atoms with Gasteiger partial charge >= 0.3 is 0 Å². The lowest BCUT2D eigenvalue weighted by Gasteiger charge is -2.35. The molecule has 108 valence electrons. The third kappa shape index (κ3) is 2.94. The first-order valence-corrected chi connectivity index (χ1v) is 6.88. The van der Waals surface area contributed by atoms with Gasteiger partial charge in [0.05, 0.1) is 6.20 Å². The summed E-state index contributed by atoms with van der Waals surface area (Å²) in [5.41, 5.74) is 1.15. The van der Waals surface area contributed by atoms with Crippen molar-refractivity contribution in [2.24, 2.45) is 0 Å². The van der Waals surface area contributed by atoms with Crippen molar-refractivity contribution >= 4 is 11.6 Å². The second kappa shape index (κ2) is 5.78. The first-order chi connectivity index (χ1) is 10.2. The van der Waals surface area contributed by atoms with Crippen LogP contribution in [-0.2, 0) is 0 Å². The first-order valence-electron chi connectivity index (χ1n) is 6.88. The number of carbonyl (C=O) groups excluding carboxylic acids is 1. The van der Waals surface area contributed by atoms with Gasteiger partial charge in [0.25, 0.3) is 11.5 Å². The maximum absolute atomic E-state index is 12.3. The van der Waals surface area contributed by atoms with Crippen LogP contribution in [0, 0.1) is 0 Å². The van der Waals surface area contributed by atoms with Gasteiger partial charge in [-0.1, -0.05) is 18.2 Å². The van der Waals surface area contributed by atoms with Crippen molar-refractivity contribution in [3.63, 3.8) is 0 Å². The fourth-order valence-corrected chi connectivity index (χ4v) is 2.43. The molecule has 1 N–H and O–H groups in total. The molecule has 1 saturated heterocycles. The van der Waals surface area contributed by atoms with Crippen molar-refractivity contribution < 1.29 is 4.79 Å². The highest BCUT2D eigenvalue weighted by molar-refractivity contribution is 5.92. The summed E-state index contributed by atoms with van der Waals surface area (Å²) < 4.78 is 0. The Morgan fingerprint density at radius 1 is 1.10 bits per heavy atom. The number of para-hydroxylation sites is 1. The van der Waals surface area contributed by atoms with Gasteiger partial charge < -0.3 is 14.8 Å². The Labute approximate surface area is 122 Å². The minimum absolute atomic E-state index is 0.140. The van der Waals surface area contributed by atoms with Gasteiger partial charge in [-0.2, -0.15) is 0 Å². The number of carbonyl (C=O) groups is 1. The summed E-state index contributed by atoms with van der Waals surface area (Å²) in [6.45, 7) is 2.88. The average Bonchev–Trinajstić information content (AvgIpc) is 2.56. The van der Waals surface area contributed by atoms with E-state index >= 15 is 0 Å². The first kappa shape index (κ1) is 13.4. The lowest BCUT2D eigenvalue weighted by atomic mass is 10.2. The van der Waals surface area contributed by atoms with Crippen molar-refractivity contribution in [1.82, 2.24) is 14.9 Å². The molecule has 0 aliphatic carbocycles. The zero-order chi connectivity index (χ0) is 14.7. The number of H-pyrrole nitrogens is 1. The van der Waals surface area contributed by atoms with Crippen LogP contribution in [0.25, 0.3) is 0 Å². The minimum atomic E-state index is -0.305. The van der Waals surface area contributed by atoms with Gasteiger partial charge in [0.2, 0.25) is 0 Å². The highest BCUT2D eigenvalue weighted by atomic mass is 16.2. The third-order valence-corrected chi connectivity index (χ3v) is 3.58. The molecule has 1 aliphatic rings. The number of nitrogens with one attached hydrogen (secondary N) is 1. The molecule has 1 amide bonds. The molecule has 6 heteroatoms. The topological polar surface area (TPSA) is 69.3 Å². The predicted octanol–water partition coefficient (Wildman–Crippen LogP) is 0.732. The van der Waals surface area contributed by atoms with E-state index in [4.69, 9.17) is 0 Å². The number of benzene rings is 1. The Bertz CT molecular complexity index is 655. The van der Waals surface area contributed by atoms with E-state index in [2.05, 4.69) is 27.0 Å². The van der Waals surface area contributed by atoms with E-state index < -0.39 is 0 Å². The fraction of sp³-hybridized carbons (Fsp3) is 0.267. The van der Waals surface area contributed by atoms with E-state index in [0.717, 1.165) is 19.3 Å². The monoisotopic (exact) mass is 284 g/mol. The number of aromatic amines is 1. The maximum Gasteiger partial charge on any atom is 0.274 e. The van der Waals surface area contributed by atoms with E-state index in [9.17, 15) is 9.59 Å². The molecule has 2 aromatic rings. The highest BCUT2D eigenvalue weighted by Crippen LogP contribution is 2.16. The Morgan fingerprint density at radius 2 is 1.81 bits per heavy atom. The highest BCUT2D eigenvalue weighted by Gasteiger charge is 2.23. The molecule has 0 saturated carbocycles. The zero-order valence-corrected chi connectivity index (χ0v) is 11.5. The number of nitrogens with zero attached hydrogens (tertiary/aromatic N) is 3. The van der Waals surface area contributed by atoms with Gasteiger partial charge in [-0.3, -0.25) is 9.59 Å². The number of amides is 1. The quantitative estimate of drug-likeness (QED) is 0.883. The van der Waals surface area contributed by atoms with Crippen molar-refractivity contribution in [2.75, 3.05) is 31.1 Å². The van der Waals surface area contributed by atoms with Crippen LogP contribution >= 0.6 is 0 Å². The molecule has 0 radical (unpaired) electrons. The van der Waals surface area contributed by atoms with E-state index in [1.165, 1.54) is 11.9 Å². The normalized spacial score (nSPS) is 15.0. The number of rotatable bonds is 2. The Kier molecular flexibility index (Phi) is 3.68. The molecule has 0 spiro atoms. The molecule has 1 aliphatic heterocycles. The second-order valence-corrected chi connectivity index (χ2v) is 4.91. The van der Waals surface area contributed by atoms with Gasteiger partial charge in [0.1, 0.15) is 5.69 Å². The number of hydrogen-bond acceptors (Lipinski definition) is 4. The third-order valence-electron chi connectivity index (χ3n) is 3.58. The summed E-state index contributed by atoms with van der Waals surface area (Å²) in [6.07, 6.45) is 2.50. The summed E-state index contributed by atoms with van der Waals surface area (Å²) in [5.74, 6) is -0.140. The summed E-state index contributed by atoms with van der Waals surface area (Å²) in [4.78, 5) is 33.6. The predicted molar refractivity (Wildman–Crippen MR) is 79.4 cm³/mol. The number of aromatic nitrogens is 2. The van der Waals surface area contributed by atoms with Crippen molar-refractivity contribution in [3.8, 4) is 0 Å². The van der Waals surface area contributed by atoms with Crippen LogP contribution in [0.1, 0.15) is 10.5 Å². The van der Waals surface area contributed by atoms with Gasteiger partial charge in [0.15, 0.2) is 0 Å². The van der Waals surface area contributed by atoms with Gasteiger partial charge in [-0.05, 0) is 12.1 Å². The minimum Gasteiger partial charge on any atom is -0.368 e. The van der Waals surface area contributed by atoms with E-state index in [1.807, 2.05) is 18.2 Å². The van der Waals surface area contributed by atoms with E-state index in [-0.39, 0.29) is 17.2 Å². The number of anilines is 1. The van der Waals surface area contributed by atoms with Crippen LogP contribution < -0.4 is 10.5 Å². The van der Waals surface area contributed by atoms with E-state index in [1.54, 1.807) is 4.90 Å². The van der Waals surface area contributed by atoms with Crippen LogP contribution in [0.2, 0.25) is 0 Å². The molecular formula is C15H16N4O2. The SMILES string of the molecule is O=C(c1c[nH]c(=O)cn1)N1CCN(c2ccccc2)CC1. The van der Waals surface area contributed by atoms with Crippen LogP contribution in [0.3, 0.4) is 0 Å². The zero-order valence-electron chi connectivity index (χ0n) is 11.5. The molecule has 6 nitrogen and oxygen atoms in total. The lowest BCUT2D eigenvalue weighted by Crippen LogP contribution is -2.49. The van der Waals surface area contributed by atoms with Crippen LogP contribution in [0.4, 0.5) is 5.69 Å². The smallest absolute Gasteiger partial charge is 0.274 e. The van der Waals surface area contributed by atoms with Crippen molar-refractivity contribution in [3.05, 3.63) is 58.8 Å². The molecule has 3 rings (SSSR count). The van der Waals surface area contributed by atoms with E-state index in [0.29, 0.717) is 13.1 Å². The molecular weight excluding hydrogens is 268 g/mol. The van der Waals surface area contributed by atoms with Crippen molar-refractivity contribution in [1.29, 1.82) is 0 Å². The average molecular weight is 284 g/mol. The number of piperazine rings is 1. The van der Waals surface area contributed by atoms with Crippen molar-refractivity contribution in [2.45, 2.75) is 0 Å². The molecule has 1 aromatic carbocycles. The number of hydrogen-bond donors (Lipinski definition) is 1. The van der Waals surface area contributed by atoms with Gasteiger partial charge in [0, 0.05) is 38.1 Å². The van der Waals surface area contributed by atoms with Gasteiger partial charge in [-0.25, -0.2) is 4.98 Å². The Balaban J connectivity index is 1.64. The molecule has 0 atom stereocenters. The lowest BCUT2D eigenvalue weighted by molar-refractivity contribution is 0.0740. The van der Waals surface area contributed by atoms with Gasteiger partial charge in [-0.15, -0.1) is 0 Å². The maximum atomic E-state index is 12.3. The molecule has 2 heterocycles. The Hall–Kier alpha value is -2.63. The standard InChI is InChI=1S/C15H16N4O2/c20-14-11-16-13(10-17-14)15(21)19-8-6-18(7-9-19)12-4-2-1-3-5-12/h1-5,10-11H,6-9H2,(H,17,20). The van der Waals surface area contributed by atoms with Crippen LogP contribution in [-0.4, -0.2) is 47.0 Å². The van der Waals surface area contributed by atoms with Crippen LogP contribution in [0.5, 0.6) is 0 Å². The summed E-state index contributed by atoms with van der Waals surface area (Å²) >= 11 is 0. The Morgan fingerprint density at radius 3 is 2.43 bits per heavy atom. The molecule has 1 aromatic heterocycles. The second-order valence-electron chi connectivity index (χ2n) is 4.91.